The Morgan fingerprint density at radius 2 is 1.73 bits per heavy atom. The molecule has 0 unspecified atom stereocenters. The third-order valence-electron chi connectivity index (χ3n) is 4.41. The number of benzene rings is 2. The van der Waals surface area contributed by atoms with Crippen molar-refractivity contribution in [3.63, 3.8) is 0 Å². The summed E-state index contributed by atoms with van der Waals surface area (Å²) < 4.78 is 52.6. The second kappa shape index (κ2) is 8.99. The Balaban J connectivity index is 1.61. The Morgan fingerprint density at radius 1 is 0.970 bits per heavy atom. The van der Waals surface area contributed by atoms with Gasteiger partial charge in [-0.3, -0.25) is 4.79 Å². The molecular formula is C22H16F3N5O3. The average molecular weight is 455 g/mol. The first-order chi connectivity index (χ1) is 15.8. The number of halogens is 3. The third-order valence-corrected chi connectivity index (χ3v) is 4.41. The average Bonchev–Trinajstić information content (AvgIpc) is 3.26. The largest absolute Gasteiger partial charge is 0.480 e. The molecule has 8 nitrogen and oxygen atoms in total. The molecule has 0 saturated heterocycles. The number of alkyl halides is 3. The van der Waals surface area contributed by atoms with Crippen molar-refractivity contribution < 1.29 is 27.4 Å². The molecule has 2 aromatic heterocycles. The van der Waals surface area contributed by atoms with Crippen LogP contribution in [0.15, 0.2) is 72.9 Å². The van der Waals surface area contributed by atoms with Gasteiger partial charge in [0.15, 0.2) is 11.5 Å². The van der Waals surface area contributed by atoms with E-state index in [1.54, 1.807) is 36.4 Å². The molecule has 0 fully saturated rings. The number of hydrogen-bond acceptors (Lipinski definition) is 6. The molecule has 168 valence electrons. The molecule has 2 aromatic carbocycles. The van der Waals surface area contributed by atoms with Crippen LogP contribution in [0.5, 0.6) is 17.4 Å². The van der Waals surface area contributed by atoms with E-state index in [0.717, 1.165) is 6.20 Å². The predicted octanol–water partition coefficient (Wildman–Crippen LogP) is 4.73. The van der Waals surface area contributed by atoms with E-state index in [-0.39, 0.29) is 17.4 Å². The van der Waals surface area contributed by atoms with E-state index in [2.05, 4.69) is 20.6 Å². The monoisotopic (exact) mass is 455 g/mol. The minimum Gasteiger partial charge on any atom is -0.480 e. The van der Waals surface area contributed by atoms with Crippen LogP contribution in [-0.4, -0.2) is 33.0 Å². The minimum absolute atomic E-state index is 0.120. The fourth-order valence-electron chi connectivity index (χ4n) is 2.96. The van der Waals surface area contributed by atoms with Gasteiger partial charge >= 0.3 is 6.18 Å². The van der Waals surface area contributed by atoms with Crippen molar-refractivity contribution in [2.75, 3.05) is 12.4 Å². The smallest absolute Gasteiger partial charge is 0.434 e. The van der Waals surface area contributed by atoms with Crippen LogP contribution < -0.4 is 14.8 Å². The topological polar surface area (TPSA) is 91.2 Å². The summed E-state index contributed by atoms with van der Waals surface area (Å²) in [5.41, 5.74) is -1.70. The fraction of sp³-hybridized carbons (Fsp3) is 0.0909. The number of amides is 1. The van der Waals surface area contributed by atoms with Gasteiger partial charge in [-0.05, 0) is 30.3 Å². The highest BCUT2D eigenvalue weighted by molar-refractivity contribution is 6.05. The Morgan fingerprint density at radius 3 is 2.39 bits per heavy atom. The summed E-state index contributed by atoms with van der Waals surface area (Å²) in [7, 11) is 1.35. The number of hydrogen-bond donors (Lipinski definition) is 1. The van der Waals surface area contributed by atoms with Crippen molar-refractivity contribution >= 4 is 11.6 Å². The Labute approximate surface area is 185 Å². The number of rotatable bonds is 6. The van der Waals surface area contributed by atoms with Crippen molar-refractivity contribution in [1.82, 2.24) is 20.0 Å². The molecule has 33 heavy (non-hydrogen) atoms. The molecule has 0 spiro atoms. The van der Waals surface area contributed by atoms with Crippen molar-refractivity contribution in [3.05, 3.63) is 84.2 Å². The van der Waals surface area contributed by atoms with Gasteiger partial charge in [0, 0.05) is 17.8 Å². The molecule has 1 N–H and O–H groups in total. The number of methoxy groups -OCH3 is 1. The van der Waals surface area contributed by atoms with Gasteiger partial charge in [0.05, 0.1) is 18.9 Å². The number of carbonyl (C=O) groups excluding carboxylic acids is 1. The number of para-hydroxylation sites is 1. The lowest BCUT2D eigenvalue weighted by Gasteiger charge is -2.12. The van der Waals surface area contributed by atoms with Crippen molar-refractivity contribution in [2.24, 2.45) is 0 Å². The van der Waals surface area contributed by atoms with Crippen LogP contribution in [-0.2, 0) is 6.18 Å². The zero-order valence-electron chi connectivity index (χ0n) is 17.1. The second-order valence-corrected chi connectivity index (χ2v) is 6.65. The third kappa shape index (κ3) is 4.92. The summed E-state index contributed by atoms with van der Waals surface area (Å²) in [6, 6.07) is 17.8. The molecule has 11 heteroatoms. The Hall–Kier alpha value is -4.41. The summed E-state index contributed by atoms with van der Waals surface area (Å²) in [4.78, 5) is 12.7. The van der Waals surface area contributed by atoms with Crippen molar-refractivity contribution in [2.45, 2.75) is 6.18 Å². The number of nitrogens with one attached hydrogen (secondary N) is 1. The maximum atomic E-state index is 13.8. The first-order valence-corrected chi connectivity index (χ1v) is 9.53. The molecule has 0 bridgehead atoms. The lowest BCUT2D eigenvalue weighted by atomic mass is 10.2. The van der Waals surface area contributed by atoms with Crippen LogP contribution in [0.25, 0.3) is 5.82 Å². The zero-order chi connectivity index (χ0) is 23.4. The number of ether oxygens (including phenoxy) is 2. The summed E-state index contributed by atoms with van der Waals surface area (Å²) in [5, 5.41) is 13.5. The van der Waals surface area contributed by atoms with Crippen LogP contribution in [0.1, 0.15) is 16.1 Å². The molecule has 0 atom stereocenters. The van der Waals surface area contributed by atoms with Crippen LogP contribution in [0.4, 0.5) is 18.9 Å². The van der Waals surface area contributed by atoms with Gasteiger partial charge in [-0.1, -0.05) is 24.3 Å². The lowest BCUT2D eigenvalue weighted by molar-refractivity contribution is -0.143. The van der Waals surface area contributed by atoms with Gasteiger partial charge in [-0.15, -0.1) is 10.2 Å². The molecule has 0 saturated carbocycles. The van der Waals surface area contributed by atoms with Crippen LogP contribution in [0, 0.1) is 0 Å². The molecular weight excluding hydrogens is 439 g/mol. The fourth-order valence-corrected chi connectivity index (χ4v) is 2.96. The molecule has 0 radical (unpaired) electrons. The highest BCUT2D eigenvalue weighted by atomic mass is 19.4. The van der Waals surface area contributed by atoms with E-state index in [4.69, 9.17) is 9.47 Å². The SMILES string of the molecule is COc1ccc(-n2ncc(C(=O)Nc3cccc(Oc4ccccc4)c3)c2C(F)(F)F)nn1. The summed E-state index contributed by atoms with van der Waals surface area (Å²) >= 11 is 0. The van der Waals surface area contributed by atoms with E-state index < -0.39 is 23.3 Å². The normalized spacial score (nSPS) is 11.2. The van der Waals surface area contributed by atoms with Gasteiger partial charge in [-0.2, -0.15) is 18.3 Å². The first kappa shape index (κ1) is 21.8. The summed E-state index contributed by atoms with van der Waals surface area (Å²) in [6.07, 6.45) is -4.06. The van der Waals surface area contributed by atoms with Crippen LogP contribution >= 0.6 is 0 Å². The van der Waals surface area contributed by atoms with E-state index in [1.165, 1.54) is 31.4 Å². The van der Waals surface area contributed by atoms with Crippen molar-refractivity contribution in [3.8, 4) is 23.2 Å². The number of aromatic nitrogens is 4. The predicted molar refractivity (Wildman–Crippen MR) is 112 cm³/mol. The van der Waals surface area contributed by atoms with Gasteiger partial charge in [0.25, 0.3) is 5.91 Å². The molecule has 1 amide bonds. The Kier molecular flexibility index (Phi) is 5.94. The van der Waals surface area contributed by atoms with Crippen LogP contribution in [0.3, 0.4) is 0 Å². The maximum Gasteiger partial charge on any atom is 0.434 e. The quantitative estimate of drug-likeness (QED) is 0.452. The first-order valence-electron chi connectivity index (χ1n) is 9.53. The Bertz CT molecular complexity index is 1260. The second-order valence-electron chi connectivity index (χ2n) is 6.65. The molecule has 4 aromatic rings. The van der Waals surface area contributed by atoms with Gasteiger partial charge in [0.1, 0.15) is 11.5 Å². The van der Waals surface area contributed by atoms with E-state index >= 15 is 0 Å². The highest BCUT2D eigenvalue weighted by Crippen LogP contribution is 2.34. The standard InChI is InChI=1S/C22H16F3N5O3/c1-32-19-11-10-18(28-29-19)30-20(22(23,24)25)17(13-26-30)21(31)27-14-6-5-9-16(12-14)33-15-7-3-2-4-8-15/h2-13H,1H3,(H,27,31). The number of nitrogens with zero attached hydrogens (tertiary/aromatic N) is 4. The summed E-state index contributed by atoms with van der Waals surface area (Å²) in [6.45, 7) is 0. The van der Waals surface area contributed by atoms with Gasteiger partial charge in [-0.25, -0.2) is 4.68 Å². The molecule has 0 aliphatic carbocycles. The molecule has 0 aliphatic rings. The highest BCUT2D eigenvalue weighted by Gasteiger charge is 2.41. The molecule has 0 aliphatic heterocycles. The maximum absolute atomic E-state index is 13.8. The van der Waals surface area contributed by atoms with E-state index in [9.17, 15) is 18.0 Å². The minimum atomic E-state index is -4.89. The van der Waals surface area contributed by atoms with Gasteiger partial charge < -0.3 is 14.8 Å². The molecule has 4 rings (SSSR count). The van der Waals surface area contributed by atoms with Crippen LogP contribution in [0.2, 0.25) is 0 Å². The molecule has 2 heterocycles. The lowest BCUT2D eigenvalue weighted by Crippen LogP contribution is -2.21. The van der Waals surface area contributed by atoms with Gasteiger partial charge in [0.2, 0.25) is 5.88 Å². The summed E-state index contributed by atoms with van der Waals surface area (Å²) in [5.74, 6) is -0.121. The number of carbonyl (C=O) groups is 1. The van der Waals surface area contributed by atoms with Crippen molar-refractivity contribution in [1.29, 1.82) is 0 Å². The zero-order valence-corrected chi connectivity index (χ0v) is 17.1. The number of anilines is 1. The van der Waals surface area contributed by atoms with E-state index in [0.29, 0.717) is 16.2 Å². The van der Waals surface area contributed by atoms with E-state index in [1.807, 2.05) is 6.07 Å².